The summed E-state index contributed by atoms with van der Waals surface area (Å²) in [5.41, 5.74) is 17.0. The van der Waals surface area contributed by atoms with Crippen LogP contribution in [0.25, 0.3) is 32.3 Å². The Hall–Kier alpha value is -3.03. The second-order valence-electron chi connectivity index (χ2n) is 9.49. The van der Waals surface area contributed by atoms with E-state index >= 15 is 0 Å². The second kappa shape index (κ2) is 15.4. The molecule has 0 atom stereocenters. The van der Waals surface area contributed by atoms with Gasteiger partial charge in [0.1, 0.15) is 5.75 Å². The average molecular weight is 668 g/mol. The number of nitrogens with one attached hydrogen (secondary N) is 2. The zero-order valence-electron chi connectivity index (χ0n) is 23.6. The van der Waals surface area contributed by atoms with Gasteiger partial charge in [0.25, 0.3) is 0 Å². The number of methoxy groups -OCH3 is 1. The van der Waals surface area contributed by atoms with Crippen LogP contribution in [0.1, 0.15) is 19.4 Å². The van der Waals surface area contributed by atoms with E-state index in [0.29, 0.717) is 38.5 Å². The van der Waals surface area contributed by atoms with Gasteiger partial charge in [0.15, 0.2) is 11.6 Å². The number of carbonyl (C=O) groups is 2. The van der Waals surface area contributed by atoms with Crippen molar-refractivity contribution in [2.24, 2.45) is 0 Å². The number of hydrogen-bond donors (Lipinski definition) is 0. The number of ether oxygens (including phenoxy) is 2. The minimum absolute atomic E-state index is 0. The summed E-state index contributed by atoms with van der Waals surface area (Å²) in [6, 6.07) is 11.5. The maximum atomic E-state index is 14.2. The first-order valence-corrected chi connectivity index (χ1v) is 13.7. The second-order valence-corrected chi connectivity index (χ2v) is 10.5. The van der Waals surface area contributed by atoms with E-state index in [0.717, 1.165) is 32.4 Å². The predicted molar refractivity (Wildman–Crippen MR) is 157 cm³/mol. The fourth-order valence-electron chi connectivity index (χ4n) is 3.99. The normalized spacial score (nSPS) is 12.5. The van der Waals surface area contributed by atoms with Crippen molar-refractivity contribution in [3.05, 3.63) is 77.7 Å². The Labute approximate surface area is 273 Å². The molecule has 1 aliphatic heterocycles. The molecular weight excluding hydrogens is 636 g/mol. The van der Waals surface area contributed by atoms with Crippen LogP contribution in [0.5, 0.6) is 11.5 Å². The zero-order valence-corrected chi connectivity index (χ0v) is 27.2. The number of pyridine rings is 2. The van der Waals surface area contributed by atoms with Gasteiger partial charge in [-0.3, -0.25) is 19.6 Å². The van der Waals surface area contributed by atoms with Crippen LogP contribution < -0.4 is 4.74 Å². The fraction of sp³-hybridized carbons (Fsp3) is 0.310. The Morgan fingerprint density at radius 3 is 2.45 bits per heavy atom. The molecule has 1 radical (unpaired) electrons. The van der Waals surface area contributed by atoms with Crippen molar-refractivity contribution in [1.82, 2.24) is 19.8 Å². The molecule has 4 heterocycles. The van der Waals surface area contributed by atoms with Crippen molar-refractivity contribution in [1.29, 1.82) is 0 Å². The van der Waals surface area contributed by atoms with Crippen molar-refractivity contribution in [2.75, 3.05) is 33.4 Å². The third-order valence-electron chi connectivity index (χ3n) is 6.32. The number of carbonyl (C=O) groups excluding carboxylic acids is 2. The number of thiophene rings is 1. The predicted octanol–water partition coefficient (Wildman–Crippen LogP) is 6.24. The Balaban J connectivity index is 0.000000466. The number of likely N-dealkylation sites (tertiary alicyclic amines) is 1. The molecule has 0 bridgehead atoms. The van der Waals surface area contributed by atoms with Gasteiger partial charge < -0.3 is 30.7 Å². The van der Waals surface area contributed by atoms with E-state index in [1.807, 2.05) is 18.2 Å². The molecule has 219 valence electrons. The Morgan fingerprint density at radius 2 is 1.88 bits per heavy atom. The number of hydrogen-bond acceptors (Lipinski definition) is 7. The largest absolute Gasteiger partial charge is 0.699 e. The minimum Gasteiger partial charge on any atom is -0.699 e. The van der Waals surface area contributed by atoms with E-state index < -0.39 is 5.82 Å². The molecule has 13 heteroatoms. The van der Waals surface area contributed by atoms with E-state index in [4.69, 9.17) is 20.9 Å². The first-order valence-electron chi connectivity index (χ1n) is 12.9. The molecule has 3 aromatic heterocycles. The summed E-state index contributed by atoms with van der Waals surface area (Å²) < 4.78 is 25.8. The minimum atomic E-state index is -0.591. The molecule has 2 N–H and O–H groups in total. The van der Waals surface area contributed by atoms with Crippen molar-refractivity contribution in [2.45, 2.75) is 26.4 Å². The van der Waals surface area contributed by atoms with Gasteiger partial charge in [0, 0.05) is 98.3 Å². The van der Waals surface area contributed by atoms with Crippen molar-refractivity contribution >= 4 is 39.1 Å². The van der Waals surface area contributed by atoms with Crippen molar-refractivity contribution < 1.29 is 56.2 Å². The summed E-state index contributed by atoms with van der Waals surface area (Å²) in [5, 5.41) is 0. The van der Waals surface area contributed by atoms with E-state index in [2.05, 4.69) is 9.97 Å². The maximum Gasteiger partial charge on any atom is 0.219 e. The van der Waals surface area contributed by atoms with Crippen LogP contribution in [-0.2, 0) is 53.6 Å². The van der Waals surface area contributed by atoms with Gasteiger partial charge in [-0.2, -0.15) is 0 Å². The Morgan fingerprint density at radius 1 is 1.12 bits per heavy atom. The quantitative estimate of drug-likeness (QED) is 0.219. The van der Waals surface area contributed by atoms with Crippen LogP contribution >= 0.6 is 11.3 Å². The molecule has 0 aliphatic carbocycles. The molecule has 1 aliphatic rings. The number of rotatable bonds is 8. The monoisotopic (exact) mass is 667 g/mol. The number of aromatic nitrogens is 2. The van der Waals surface area contributed by atoms with E-state index in [1.54, 1.807) is 35.4 Å². The molecule has 1 saturated heterocycles. The fourth-order valence-corrected chi connectivity index (χ4v) is 5.03. The first-order chi connectivity index (χ1) is 19.6. The summed E-state index contributed by atoms with van der Waals surface area (Å²) in [7, 11) is 1.61. The molecule has 1 aromatic carbocycles. The summed E-state index contributed by atoms with van der Waals surface area (Å²) in [5.74, 6) is 0.0207. The Bertz CT molecular complexity index is 1510. The molecule has 2 amide bonds. The topological polar surface area (TPSA) is 132 Å². The van der Waals surface area contributed by atoms with Crippen molar-refractivity contribution in [3.8, 4) is 22.1 Å². The van der Waals surface area contributed by atoms with Crippen LogP contribution in [0, 0.1) is 5.82 Å². The summed E-state index contributed by atoms with van der Waals surface area (Å²) in [6.07, 6.45) is 3.36. The number of amides is 2. The van der Waals surface area contributed by atoms with Gasteiger partial charge in [-0.1, -0.05) is 12.1 Å². The zero-order chi connectivity index (χ0) is 29.5. The molecule has 1 fully saturated rings. The van der Waals surface area contributed by atoms with Crippen LogP contribution in [0.3, 0.4) is 0 Å². The first kappa shape index (κ1) is 33.5. The van der Waals surface area contributed by atoms with Crippen LogP contribution in [0.15, 0.2) is 54.9 Å². The molecule has 5 rings (SSSR count). The smallest absolute Gasteiger partial charge is 0.219 e. The molecule has 0 unspecified atom stereocenters. The third-order valence-corrected chi connectivity index (χ3v) is 7.48. The third kappa shape index (κ3) is 8.74. The van der Waals surface area contributed by atoms with Gasteiger partial charge in [0.05, 0.1) is 27.4 Å². The number of fused-ring (bicyclic) bond motifs is 1. The standard InChI is InChI=1S/C24H22FN4O3S.C5H9N2O.Y/c1-15(30)29(9-10-31-2)14-16-3-5-19(28-13-16)23-12-20-24(33-23)22(7-8-27-20)32-21-6-4-17(26)11-18(21)25;1-4(8)7-2-5(6)3-7;/h3-8,11-13,26H,9-10,14H2,1-2H3;5-6H,2-3H2,1H3;/q2*-1;. The van der Waals surface area contributed by atoms with E-state index in [9.17, 15) is 14.0 Å². The molecule has 0 saturated carbocycles. The maximum absolute atomic E-state index is 14.2. The molecule has 10 nitrogen and oxygen atoms in total. The molecule has 0 spiro atoms. The van der Waals surface area contributed by atoms with Crippen LogP contribution in [0.2, 0.25) is 0 Å². The van der Waals surface area contributed by atoms with E-state index in [1.165, 1.54) is 37.3 Å². The summed E-state index contributed by atoms with van der Waals surface area (Å²) >= 11 is 1.45. The number of benzene rings is 1. The van der Waals surface area contributed by atoms with Gasteiger partial charge in [-0.15, -0.1) is 23.1 Å². The Kier molecular flexibility index (Phi) is 12.3. The van der Waals surface area contributed by atoms with E-state index in [-0.39, 0.29) is 62.0 Å². The molecule has 4 aromatic rings. The van der Waals surface area contributed by atoms with Crippen LogP contribution in [-0.4, -0.2) is 71.0 Å². The van der Waals surface area contributed by atoms with Crippen molar-refractivity contribution in [3.63, 3.8) is 0 Å². The van der Waals surface area contributed by atoms with Gasteiger partial charge >= 0.3 is 0 Å². The number of nitrogens with zero attached hydrogens (tertiary/aromatic N) is 4. The molecule has 42 heavy (non-hydrogen) atoms. The van der Waals surface area contributed by atoms with Gasteiger partial charge in [-0.25, -0.2) is 4.39 Å². The summed E-state index contributed by atoms with van der Waals surface area (Å²) in [4.78, 5) is 35.5. The van der Waals surface area contributed by atoms with Gasteiger partial charge in [0.2, 0.25) is 11.8 Å². The van der Waals surface area contributed by atoms with Crippen LogP contribution in [0.4, 0.5) is 10.1 Å². The van der Waals surface area contributed by atoms with Gasteiger partial charge in [-0.05, 0) is 29.8 Å². The molecular formula is C29H31FN6O4SY-2. The summed E-state index contributed by atoms with van der Waals surface area (Å²) in [6.45, 7) is 5.79. The number of halogens is 1. The SMILES string of the molecule is CC(=O)N1CC([NH-])C1.COCCN(Cc1ccc(-c2cc3nccc(Oc4ccc([NH-])cc4F)c3s2)nc1)C(C)=O.[Y]. The average Bonchev–Trinajstić information content (AvgIpc) is 3.36.